The summed E-state index contributed by atoms with van der Waals surface area (Å²) in [6, 6.07) is 4.41. The minimum absolute atomic E-state index is 0.669. The number of hydrogen-bond acceptors (Lipinski definition) is 2. The number of anilines is 1. The molecule has 0 radical (unpaired) electrons. The summed E-state index contributed by atoms with van der Waals surface area (Å²) in [5.74, 6) is 1.78. The smallest absolute Gasteiger partial charge is 0.128 e. The van der Waals surface area contributed by atoms with Crippen LogP contribution in [0.4, 0.5) is 5.82 Å². The van der Waals surface area contributed by atoms with Crippen molar-refractivity contribution in [3.63, 3.8) is 0 Å². The number of unbranched alkanes of at least 4 members (excludes halogenated alkanes) is 1. The summed E-state index contributed by atoms with van der Waals surface area (Å²) in [7, 11) is 0. The van der Waals surface area contributed by atoms with Crippen molar-refractivity contribution in [2.75, 3.05) is 23.9 Å². The molecule has 0 atom stereocenters. The Balaban J connectivity index is 2.11. The maximum atomic E-state index is 5.87. The van der Waals surface area contributed by atoms with Crippen molar-refractivity contribution in [1.82, 2.24) is 4.98 Å². The number of alkyl halides is 1. The third-order valence-electron chi connectivity index (χ3n) is 3.37. The fourth-order valence-electron chi connectivity index (χ4n) is 2.38. The second-order valence-electron chi connectivity index (χ2n) is 4.66. The van der Waals surface area contributed by atoms with E-state index in [1.165, 1.54) is 36.9 Å². The van der Waals surface area contributed by atoms with Crippen LogP contribution in [-0.2, 0) is 12.8 Å². The van der Waals surface area contributed by atoms with Gasteiger partial charge in [0, 0.05) is 24.7 Å². The molecule has 17 heavy (non-hydrogen) atoms. The molecule has 0 saturated carbocycles. The molecule has 0 amide bonds. The van der Waals surface area contributed by atoms with Gasteiger partial charge in [-0.3, -0.25) is 0 Å². The van der Waals surface area contributed by atoms with E-state index in [0.717, 1.165) is 25.3 Å². The third-order valence-corrected chi connectivity index (χ3v) is 3.54. The maximum absolute atomic E-state index is 5.87. The average Bonchev–Trinajstić information content (AvgIpc) is 2.81. The molecule has 94 valence electrons. The topological polar surface area (TPSA) is 16.1 Å². The summed E-state index contributed by atoms with van der Waals surface area (Å²) in [6.07, 6.45) is 6.02. The van der Waals surface area contributed by atoms with E-state index in [2.05, 4.69) is 24.0 Å². The standard InChI is InChI=1S/C14H21ClN2/c1-2-3-10-17(11-9-15)14-8-7-12-5-4-6-13(12)16-14/h7-8H,2-6,9-11H2,1H3. The zero-order chi connectivity index (χ0) is 12.1. The van der Waals surface area contributed by atoms with Gasteiger partial charge in [0.1, 0.15) is 5.82 Å². The zero-order valence-corrected chi connectivity index (χ0v) is 11.3. The van der Waals surface area contributed by atoms with Crippen molar-refractivity contribution in [2.24, 2.45) is 0 Å². The van der Waals surface area contributed by atoms with Crippen LogP contribution in [0.3, 0.4) is 0 Å². The van der Waals surface area contributed by atoms with Crippen LogP contribution in [0.1, 0.15) is 37.4 Å². The number of halogens is 1. The van der Waals surface area contributed by atoms with E-state index in [1.807, 2.05) is 0 Å². The van der Waals surface area contributed by atoms with Crippen LogP contribution in [0.25, 0.3) is 0 Å². The molecule has 1 heterocycles. The molecule has 0 aliphatic heterocycles. The highest BCUT2D eigenvalue weighted by molar-refractivity contribution is 6.18. The number of nitrogens with zero attached hydrogens (tertiary/aromatic N) is 2. The van der Waals surface area contributed by atoms with E-state index in [1.54, 1.807) is 0 Å². The molecule has 0 fully saturated rings. The van der Waals surface area contributed by atoms with E-state index in [-0.39, 0.29) is 0 Å². The van der Waals surface area contributed by atoms with Gasteiger partial charge in [0.05, 0.1) is 0 Å². The summed E-state index contributed by atoms with van der Waals surface area (Å²) in [6.45, 7) is 4.18. The van der Waals surface area contributed by atoms with Gasteiger partial charge < -0.3 is 4.90 Å². The van der Waals surface area contributed by atoms with Gasteiger partial charge in [-0.15, -0.1) is 11.6 Å². The summed E-state index contributed by atoms with van der Waals surface area (Å²) < 4.78 is 0. The number of aryl methyl sites for hydroxylation is 2. The third kappa shape index (κ3) is 3.12. The SMILES string of the molecule is CCCCN(CCCl)c1ccc2c(n1)CCC2. The monoisotopic (exact) mass is 252 g/mol. The largest absolute Gasteiger partial charge is 0.355 e. The average molecular weight is 253 g/mol. The van der Waals surface area contributed by atoms with Crippen LogP contribution in [-0.4, -0.2) is 24.0 Å². The second kappa shape index (κ2) is 6.25. The van der Waals surface area contributed by atoms with E-state index >= 15 is 0 Å². The van der Waals surface area contributed by atoms with Gasteiger partial charge in [0.2, 0.25) is 0 Å². The Morgan fingerprint density at radius 3 is 2.94 bits per heavy atom. The molecule has 1 aromatic rings. The molecule has 1 aromatic heterocycles. The van der Waals surface area contributed by atoms with E-state index in [0.29, 0.717) is 5.88 Å². The Kier molecular flexibility index (Phi) is 4.66. The molecular weight excluding hydrogens is 232 g/mol. The summed E-state index contributed by atoms with van der Waals surface area (Å²) in [5.41, 5.74) is 2.74. The Bertz CT molecular complexity index is 365. The molecule has 3 heteroatoms. The van der Waals surface area contributed by atoms with Crippen molar-refractivity contribution in [1.29, 1.82) is 0 Å². The molecule has 1 aliphatic rings. The fourth-order valence-corrected chi connectivity index (χ4v) is 2.58. The molecule has 2 rings (SSSR count). The van der Waals surface area contributed by atoms with Crippen molar-refractivity contribution < 1.29 is 0 Å². The molecule has 0 unspecified atom stereocenters. The highest BCUT2D eigenvalue weighted by atomic mass is 35.5. The summed E-state index contributed by atoms with van der Waals surface area (Å²) >= 11 is 5.87. The summed E-state index contributed by atoms with van der Waals surface area (Å²) in [5, 5.41) is 0. The molecular formula is C14H21ClN2. The van der Waals surface area contributed by atoms with Crippen molar-refractivity contribution in [3.8, 4) is 0 Å². The molecule has 2 nitrogen and oxygen atoms in total. The van der Waals surface area contributed by atoms with Crippen molar-refractivity contribution >= 4 is 17.4 Å². The lowest BCUT2D eigenvalue weighted by Gasteiger charge is -2.23. The number of fused-ring (bicyclic) bond motifs is 1. The molecule has 1 aliphatic carbocycles. The van der Waals surface area contributed by atoms with Crippen LogP contribution in [0, 0.1) is 0 Å². The predicted octanol–water partition coefficient (Wildman–Crippen LogP) is 3.42. The zero-order valence-electron chi connectivity index (χ0n) is 10.6. The van der Waals surface area contributed by atoms with Crippen LogP contribution in [0.5, 0.6) is 0 Å². The molecule has 0 aromatic carbocycles. The molecule has 0 spiro atoms. The first kappa shape index (κ1) is 12.7. The molecule has 0 saturated heterocycles. The second-order valence-corrected chi connectivity index (χ2v) is 5.04. The van der Waals surface area contributed by atoms with Gasteiger partial charge in [0.25, 0.3) is 0 Å². The lowest BCUT2D eigenvalue weighted by atomic mass is 10.2. The van der Waals surface area contributed by atoms with Gasteiger partial charge in [-0.1, -0.05) is 19.4 Å². The number of hydrogen-bond donors (Lipinski definition) is 0. The minimum atomic E-state index is 0.669. The van der Waals surface area contributed by atoms with Gasteiger partial charge in [-0.25, -0.2) is 4.98 Å². The first-order chi connectivity index (χ1) is 8.35. The minimum Gasteiger partial charge on any atom is -0.355 e. The predicted molar refractivity (Wildman–Crippen MR) is 74.1 cm³/mol. The van der Waals surface area contributed by atoms with Crippen molar-refractivity contribution in [2.45, 2.75) is 39.0 Å². The fraction of sp³-hybridized carbons (Fsp3) is 0.643. The van der Waals surface area contributed by atoms with Crippen molar-refractivity contribution in [3.05, 3.63) is 23.4 Å². The molecule has 0 bridgehead atoms. The highest BCUT2D eigenvalue weighted by Gasteiger charge is 2.14. The van der Waals surface area contributed by atoms with Gasteiger partial charge >= 0.3 is 0 Å². The Hall–Kier alpha value is -0.760. The van der Waals surface area contributed by atoms with Crippen LogP contribution < -0.4 is 4.90 Å². The maximum Gasteiger partial charge on any atom is 0.128 e. The Morgan fingerprint density at radius 2 is 2.18 bits per heavy atom. The number of aromatic nitrogens is 1. The van der Waals surface area contributed by atoms with Crippen LogP contribution >= 0.6 is 11.6 Å². The Morgan fingerprint density at radius 1 is 1.29 bits per heavy atom. The first-order valence-corrected chi connectivity index (χ1v) is 7.18. The number of pyridine rings is 1. The Labute approximate surface area is 109 Å². The lowest BCUT2D eigenvalue weighted by molar-refractivity contribution is 0.723. The van der Waals surface area contributed by atoms with Crippen LogP contribution in [0.15, 0.2) is 12.1 Å². The van der Waals surface area contributed by atoms with Crippen LogP contribution in [0.2, 0.25) is 0 Å². The molecule has 0 N–H and O–H groups in total. The normalized spacial score (nSPS) is 13.8. The first-order valence-electron chi connectivity index (χ1n) is 6.65. The van der Waals surface area contributed by atoms with Gasteiger partial charge in [0.15, 0.2) is 0 Å². The van der Waals surface area contributed by atoms with E-state index in [9.17, 15) is 0 Å². The lowest BCUT2D eigenvalue weighted by Crippen LogP contribution is -2.27. The van der Waals surface area contributed by atoms with Gasteiger partial charge in [-0.2, -0.15) is 0 Å². The van der Waals surface area contributed by atoms with E-state index in [4.69, 9.17) is 16.6 Å². The van der Waals surface area contributed by atoms with E-state index < -0.39 is 0 Å². The highest BCUT2D eigenvalue weighted by Crippen LogP contribution is 2.23. The number of rotatable bonds is 6. The quantitative estimate of drug-likeness (QED) is 0.722. The van der Waals surface area contributed by atoms with Gasteiger partial charge in [-0.05, 0) is 37.3 Å². The summed E-state index contributed by atoms with van der Waals surface area (Å²) in [4.78, 5) is 7.11.